The fraction of sp³-hybridized carbons (Fsp3) is 0.562. The summed E-state index contributed by atoms with van der Waals surface area (Å²) in [7, 11) is 0. The Bertz CT molecular complexity index is 399. The molecule has 0 bridgehead atoms. The van der Waals surface area contributed by atoms with E-state index in [1.54, 1.807) is 0 Å². The van der Waals surface area contributed by atoms with Crippen molar-refractivity contribution < 1.29 is 9.53 Å². The Morgan fingerprint density at radius 3 is 2.61 bits per heavy atom. The van der Waals surface area contributed by atoms with Crippen LogP contribution in [0.5, 0.6) is 0 Å². The highest BCUT2D eigenvalue weighted by Gasteiger charge is 2.50. The van der Waals surface area contributed by atoms with E-state index in [2.05, 4.69) is 19.1 Å². The van der Waals surface area contributed by atoms with Crippen LogP contribution in [0.2, 0.25) is 0 Å². The molecule has 2 rings (SSSR count). The Balaban J connectivity index is 1.79. The zero-order chi connectivity index (χ0) is 13.0. The van der Waals surface area contributed by atoms with Crippen molar-refractivity contribution >= 4 is 5.78 Å². The molecule has 2 nitrogen and oxygen atoms in total. The maximum Gasteiger partial charge on any atom is 0.193 e. The van der Waals surface area contributed by atoms with Gasteiger partial charge in [-0.3, -0.25) is 4.79 Å². The predicted molar refractivity (Wildman–Crippen MR) is 72.6 cm³/mol. The van der Waals surface area contributed by atoms with Crippen molar-refractivity contribution in [1.82, 2.24) is 0 Å². The van der Waals surface area contributed by atoms with Gasteiger partial charge in [-0.15, -0.1) is 0 Å². The molecule has 1 heterocycles. The van der Waals surface area contributed by atoms with Gasteiger partial charge in [-0.05, 0) is 31.7 Å². The number of hydrogen-bond acceptors (Lipinski definition) is 2. The van der Waals surface area contributed by atoms with Crippen LogP contribution in [-0.4, -0.2) is 17.5 Å². The number of ether oxygens (including phenoxy) is 1. The van der Waals surface area contributed by atoms with Crippen molar-refractivity contribution in [1.29, 1.82) is 0 Å². The van der Waals surface area contributed by atoms with E-state index in [-0.39, 0.29) is 6.10 Å². The number of carbonyl (C=O) groups excluding carboxylic acids is 1. The Hall–Kier alpha value is -1.15. The van der Waals surface area contributed by atoms with Crippen LogP contribution in [0, 0.1) is 0 Å². The van der Waals surface area contributed by atoms with Gasteiger partial charge in [0.15, 0.2) is 5.78 Å². The maximum absolute atomic E-state index is 12.1. The Kier molecular flexibility index (Phi) is 4.18. The second-order valence-electron chi connectivity index (χ2n) is 5.33. The summed E-state index contributed by atoms with van der Waals surface area (Å²) in [4.78, 5) is 12.1. The Labute approximate surface area is 109 Å². The molecule has 0 spiro atoms. The van der Waals surface area contributed by atoms with E-state index in [1.807, 2.05) is 25.1 Å². The van der Waals surface area contributed by atoms with Crippen LogP contribution >= 0.6 is 0 Å². The molecule has 0 radical (unpaired) electrons. The van der Waals surface area contributed by atoms with Crippen molar-refractivity contribution in [2.24, 2.45) is 0 Å². The van der Waals surface area contributed by atoms with Gasteiger partial charge >= 0.3 is 0 Å². The smallest absolute Gasteiger partial charge is 0.193 e. The van der Waals surface area contributed by atoms with Gasteiger partial charge in [0.2, 0.25) is 0 Å². The van der Waals surface area contributed by atoms with Crippen molar-refractivity contribution in [2.75, 3.05) is 0 Å². The number of ketones is 1. The molecule has 1 saturated heterocycles. The van der Waals surface area contributed by atoms with Crippen molar-refractivity contribution in [3.63, 3.8) is 0 Å². The number of benzene rings is 1. The molecule has 0 aromatic heterocycles. The molecule has 1 fully saturated rings. The minimum atomic E-state index is -0.489. The third-order valence-electron chi connectivity index (χ3n) is 3.76. The lowest BCUT2D eigenvalue weighted by molar-refractivity contribution is -0.200. The highest BCUT2D eigenvalue weighted by atomic mass is 16.5. The van der Waals surface area contributed by atoms with E-state index in [0.717, 1.165) is 32.1 Å². The second kappa shape index (κ2) is 5.66. The van der Waals surface area contributed by atoms with Gasteiger partial charge < -0.3 is 4.74 Å². The summed E-state index contributed by atoms with van der Waals surface area (Å²) in [6.07, 6.45) is 4.59. The minimum absolute atomic E-state index is 0.174. The first-order valence-electron chi connectivity index (χ1n) is 6.92. The maximum atomic E-state index is 12.1. The molecule has 0 unspecified atom stereocenters. The molecule has 1 aromatic carbocycles. The van der Waals surface area contributed by atoms with Crippen molar-refractivity contribution in [2.45, 2.75) is 57.7 Å². The first kappa shape index (κ1) is 13.3. The van der Waals surface area contributed by atoms with Crippen LogP contribution < -0.4 is 0 Å². The molecule has 2 heteroatoms. The van der Waals surface area contributed by atoms with Gasteiger partial charge in [0.05, 0.1) is 0 Å². The molecule has 0 amide bonds. The summed E-state index contributed by atoms with van der Waals surface area (Å²) in [5, 5.41) is 0. The molecule has 0 N–H and O–H groups in total. The molecule has 98 valence electrons. The fourth-order valence-corrected chi connectivity index (χ4v) is 2.54. The van der Waals surface area contributed by atoms with Crippen LogP contribution in [0.3, 0.4) is 0 Å². The van der Waals surface area contributed by atoms with E-state index in [0.29, 0.717) is 5.78 Å². The number of Topliss-reactive ketones (excluding diaryl/α,β-unsaturated/α-hetero) is 1. The minimum Gasteiger partial charge on any atom is -0.356 e. The lowest BCUT2D eigenvalue weighted by atomic mass is 9.82. The zero-order valence-corrected chi connectivity index (χ0v) is 11.3. The average Bonchev–Trinajstić information content (AvgIpc) is 2.42. The second-order valence-corrected chi connectivity index (χ2v) is 5.33. The standard InChI is InChI=1S/C16H22O2/c1-3-4-12-16(2)15(17)14(18-16)11-10-13-8-6-5-7-9-13/h5-9,14H,3-4,10-12H2,1-2H3/t14-,16+/m0/s1. The van der Waals surface area contributed by atoms with E-state index < -0.39 is 5.60 Å². The van der Waals surface area contributed by atoms with Crippen LogP contribution in [0.4, 0.5) is 0 Å². The monoisotopic (exact) mass is 246 g/mol. The van der Waals surface area contributed by atoms with E-state index in [9.17, 15) is 4.79 Å². The summed E-state index contributed by atoms with van der Waals surface area (Å²) in [5.74, 6) is 0.298. The van der Waals surface area contributed by atoms with E-state index >= 15 is 0 Å². The van der Waals surface area contributed by atoms with Gasteiger partial charge in [-0.25, -0.2) is 0 Å². The summed E-state index contributed by atoms with van der Waals surface area (Å²) in [5.41, 5.74) is 0.785. The Morgan fingerprint density at radius 2 is 2.00 bits per heavy atom. The summed E-state index contributed by atoms with van der Waals surface area (Å²) in [6.45, 7) is 4.07. The number of unbranched alkanes of at least 4 members (excludes halogenated alkanes) is 1. The fourth-order valence-electron chi connectivity index (χ4n) is 2.54. The number of aryl methyl sites for hydroxylation is 1. The Morgan fingerprint density at radius 1 is 1.28 bits per heavy atom. The highest BCUT2D eigenvalue weighted by Crippen LogP contribution is 2.35. The van der Waals surface area contributed by atoms with Crippen LogP contribution in [0.1, 0.15) is 45.1 Å². The van der Waals surface area contributed by atoms with E-state index in [4.69, 9.17) is 4.74 Å². The molecule has 1 aliphatic rings. The first-order chi connectivity index (χ1) is 8.65. The van der Waals surface area contributed by atoms with E-state index in [1.165, 1.54) is 5.56 Å². The van der Waals surface area contributed by atoms with Gasteiger partial charge in [-0.1, -0.05) is 50.1 Å². The van der Waals surface area contributed by atoms with Crippen molar-refractivity contribution in [3.8, 4) is 0 Å². The average molecular weight is 246 g/mol. The molecule has 0 saturated carbocycles. The van der Waals surface area contributed by atoms with Crippen LogP contribution in [0.25, 0.3) is 0 Å². The number of carbonyl (C=O) groups is 1. The molecule has 1 aliphatic heterocycles. The summed E-state index contributed by atoms with van der Waals surface area (Å²) < 4.78 is 5.81. The number of rotatable bonds is 6. The van der Waals surface area contributed by atoms with Gasteiger partial charge in [-0.2, -0.15) is 0 Å². The van der Waals surface area contributed by atoms with Gasteiger partial charge in [0.25, 0.3) is 0 Å². The quantitative estimate of drug-likeness (QED) is 0.767. The number of hydrogen-bond donors (Lipinski definition) is 0. The molecular weight excluding hydrogens is 224 g/mol. The zero-order valence-electron chi connectivity index (χ0n) is 11.3. The first-order valence-corrected chi connectivity index (χ1v) is 6.92. The third-order valence-corrected chi connectivity index (χ3v) is 3.76. The topological polar surface area (TPSA) is 26.3 Å². The highest BCUT2D eigenvalue weighted by molar-refractivity contribution is 5.95. The lowest BCUT2D eigenvalue weighted by Crippen LogP contribution is -2.59. The molecule has 2 atom stereocenters. The SMILES string of the molecule is CCCC[C@@]1(C)O[C@@H](CCc2ccccc2)C1=O. The van der Waals surface area contributed by atoms with Crippen molar-refractivity contribution in [3.05, 3.63) is 35.9 Å². The largest absolute Gasteiger partial charge is 0.356 e. The van der Waals surface area contributed by atoms with Gasteiger partial charge in [0, 0.05) is 0 Å². The lowest BCUT2D eigenvalue weighted by Gasteiger charge is -2.43. The molecular formula is C16H22O2. The van der Waals surface area contributed by atoms with Gasteiger partial charge in [0.1, 0.15) is 11.7 Å². The third kappa shape index (κ3) is 2.81. The molecule has 1 aromatic rings. The normalized spacial score (nSPS) is 27.0. The predicted octanol–water partition coefficient (Wildman–Crippen LogP) is 3.54. The summed E-state index contributed by atoms with van der Waals surface area (Å²) >= 11 is 0. The molecule has 18 heavy (non-hydrogen) atoms. The van der Waals surface area contributed by atoms with Crippen LogP contribution in [-0.2, 0) is 16.0 Å². The summed E-state index contributed by atoms with van der Waals surface area (Å²) in [6, 6.07) is 10.3. The molecule has 0 aliphatic carbocycles. The van der Waals surface area contributed by atoms with Crippen LogP contribution in [0.15, 0.2) is 30.3 Å².